The second kappa shape index (κ2) is 8.43. The summed E-state index contributed by atoms with van der Waals surface area (Å²) < 4.78 is 5.86. The maximum Gasteiger partial charge on any atom is 0.291 e. The average molecular weight is 389 g/mol. The first kappa shape index (κ1) is 20.5. The second-order valence-electron chi connectivity index (χ2n) is 7.88. The molecular weight excluding hydrogens is 362 g/mol. The molecule has 0 bridgehead atoms. The zero-order valence-corrected chi connectivity index (χ0v) is 17.6. The molecule has 0 radical (unpaired) electrons. The lowest BCUT2D eigenvalue weighted by atomic mass is 9.78. The minimum absolute atomic E-state index is 0.0969. The normalized spacial score (nSPS) is 11.2. The molecule has 0 aliphatic heterocycles. The summed E-state index contributed by atoms with van der Waals surface area (Å²) >= 11 is 0. The molecule has 0 spiro atoms. The number of nitrogens with zero attached hydrogens (tertiary/aromatic N) is 3. The van der Waals surface area contributed by atoms with E-state index in [1.54, 1.807) is 26.4 Å². The van der Waals surface area contributed by atoms with Crippen LogP contribution >= 0.6 is 0 Å². The van der Waals surface area contributed by atoms with Crippen molar-refractivity contribution in [3.63, 3.8) is 0 Å². The average Bonchev–Trinajstić information content (AvgIpc) is 2.72. The van der Waals surface area contributed by atoms with E-state index < -0.39 is 0 Å². The summed E-state index contributed by atoms with van der Waals surface area (Å²) in [6, 6.07) is 18.5. The third-order valence-corrected chi connectivity index (χ3v) is 5.05. The Kier molecular flexibility index (Phi) is 5.97. The molecule has 5 nitrogen and oxygen atoms in total. The van der Waals surface area contributed by atoms with Crippen LogP contribution in [0.3, 0.4) is 0 Å². The van der Waals surface area contributed by atoms with Gasteiger partial charge in [0.15, 0.2) is 0 Å². The van der Waals surface area contributed by atoms with Crippen LogP contribution in [0.5, 0.6) is 5.75 Å². The monoisotopic (exact) mass is 389 g/mol. The first-order chi connectivity index (χ1) is 13.8. The largest absolute Gasteiger partial charge is 0.487 e. The number of carbonyl (C=O) groups is 1. The van der Waals surface area contributed by atoms with Gasteiger partial charge in [-0.1, -0.05) is 55.8 Å². The highest BCUT2D eigenvalue weighted by atomic mass is 16.5. The quantitative estimate of drug-likeness (QED) is 0.627. The minimum atomic E-state index is -0.227. The summed E-state index contributed by atoms with van der Waals surface area (Å²) in [6.45, 7) is 6.81. The fourth-order valence-electron chi connectivity index (χ4n) is 3.04. The van der Waals surface area contributed by atoms with Crippen LogP contribution in [0.4, 0.5) is 0 Å². The van der Waals surface area contributed by atoms with E-state index in [2.05, 4.69) is 67.1 Å². The first-order valence-electron chi connectivity index (χ1n) is 9.61. The Bertz CT molecular complexity index is 978. The van der Waals surface area contributed by atoms with E-state index in [-0.39, 0.29) is 23.8 Å². The Hall–Kier alpha value is -3.21. The lowest BCUT2D eigenvalue weighted by Crippen LogP contribution is -2.24. The number of hydrogen-bond acceptors (Lipinski definition) is 4. The SMILES string of the molecule is Cc1ccc(C(C)(C)c2ccc(OCc3ccnc(C(=O)N(C)C)n3)cc2)cc1. The molecule has 1 amide bonds. The van der Waals surface area contributed by atoms with Gasteiger partial charge in [-0.05, 0) is 36.2 Å². The summed E-state index contributed by atoms with van der Waals surface area (Å²) in [6.07, 6.45) is 1.58. The number of amides is 1. The van der Waals surface area contributed by atoms with Crippen molar-refractivity contribution < 1.29 is 9.53 Å². The van der Waals surface area contributed by atoms with Gasteiger partial charge in [-0.25, -0.2) is 9.97 Å². The van der Waals surface area contributed by atoms with E-state index in [4.69, 9.17) is 4.74 Å². The Morgan fingerprint density at radius 1 is 0.966 bits per heavy atom. The van der Waals surface area contributed by atoms with E-state index in [0.717, 1.165) is 5.75 Å². The predicted octanol–water partition coefficient (Wildman–Crippen LogP) is 4.39. The molecule has 0 aliphatic carbocycles. The standard InChI is InChI=1S/C24H27N3O2/c1-17-6-8-18(9-7-17)24(2,3)19-10-12-21(13-11-19)29-16-20-14-15-25-22(26-20)23(28)27(4)5/h6-15H,16H2,1-5H3. The molecule has 1 heterocycles. The van der Waals surface area contributed by atoms with Gasteiger partial charge in [0.2, 0.25) is 5.82 Å². The third-order valence-electron chi connectivity index (χ3n) is 5.05. The summed E-state index contributed by atoms with van der Waals surface area (Å²) in [5.41, 5.74) is 4.31. The number of benzene rings is 2. The molecule has 1 aromatic heterocycles. The number of aryl methyl sites for hydroxylation is 1. The summed E-state index contributed by atoms with van der Waals surface area (Å²) in [5.74, 6) is 0.702. The first-order valence-corrected chi connectivity index (χ1v) is 9.61. The van der Waals surface area contributed by atoms with Crippen LogP contribution < -0.4 is 4.74 Å². The van der Waals surface area contributed by atoms with E-state index in [1.807, 2.05) is 12.1 Å². The lowest BCUT2D eigenvalue weighted by Gasteiger charge is -2.26. The molecule has 3 aromatic rings. The van der Waals surface area contributed by atoms with Crippen molar-refractivity contribution in [2.24, 2.45) is 0 Å². The molecule has 0 fully saturated rings. The zero-order valence-electron chi connectivity index (χ0n) is 17.6. The summed E-state index contributed by atoms with van der Waals surface area (Å²) in [5, 5.41) is 0. The lowest BCUT2D eigenvalue weighted by molar-refractivity contribution is 0.0815. The van der Waals surface area contributed by atoms with Gasteiger partial charge in [0.25, 0.3) is 5.91 Å². The van der Waals surface area contributed by atoms with Crippen LogP contribution in [0, 0.1) is 6.92 Å². The van der Waals surface area contributed by atoms with Crippen LogP contribution in [0.2, 0.25) is 0 Å². The van der Waals surface area contributed by atoms with E-state index >= 15 is 0 Å². The molecule has 0 aliphatic rings. The van der Waals surface area contributed by atoms with Crippen molar-refractivity contribution >= 4 is 5.91 Å². The third kappa shape index (κ3) is 4.80. The summed E-state index contributed by atoms with van der Waals surface area (Å²) in [7, 11) is 3.35. The van der Waals surface area contributed by atoms with Gasteiger partial charge in [-0.15, -0.1) is 0 Å². The van der Waals surface area contributed by atoms with Crippen molar-refractivity contribution in [2.75, 3.05) is 14.1 Å². The fraction of sp³-hybridized carbons (Fsp3) is 0.292. The number of carbonyl (C=O) groups excluding carboxylic acids is 1. The maximum atomic E-state index is 12.0. The summed E-state index contributed by atoms with van der Waals surface area (Å²) in [4.78, 5) is 21.8. The minimum Gasteiger partial charge on any atom is -0.487 e. The van der Waals surface area contributed by atoms with Gasteiger partial charge in [0.1, 0.15) is 12.4 Å². The van der Waals surface area contributed by atoms with Gasteiger partial charge in [0.05, 0.1) is 5.69 Å². The van der Waals surface area contributed by atoms with Crippen molar-refractivity contribution in [3.8, 4) is 5.75 Å². The Labute approximate surface area is 172 Å². The molecule has 0 unspecified atom stereocenters. The molecule has 0 atom stereocenters. The molecule has 0 saturated carbocycles. The van der Waals surface area contributed by atoms with E-state index in [9.17, 15) is 4.79 Å². The van der Waals surface area contributed by atoms with E-state index in [0.29, 0.717) is 5.69 Å². The van der Waals surface area contributed by atoms with Gasteiger partial charge >= 0.3 is 0 Å². The molecule has 29 heavy (non-hydrogen) atoms. The highest BCUT2D eigenvalue weighted by Gasteiger charge is 2.22. The van der Waals surface area contributed by atoms with Crippen LogP contribution in [-0.4, -0.2) is 34.9 Å². The van der Waals surface area contributed by atoms with Crippen LogP contribution in [0.15, 0.2) is 60.8 Å². The van der Waals surface area contributed by atoms with Gasteiger partial charge in [0, 0.05) is 25.7 Å². The number of aromatic nitrogens is 2. The molecule has 3 rings (SSSR count). The molecule has 0 N–H and O–H groups in total. The molecule has 2 aromatic carbocycles. The topological polar surface area (TPSA) is 55.3 Å². The van der Waals surface area contributed by atoms with Crippen molar-refractivity contribution in [2.45, 2.75) is 32.8 Å². The Morgan fingerprint density at radius 2 is 1.55 bits per heavy atom. The van der Waals surface area contributed by atoms with Crippen LogP contribution in [-0.2, 0) is 12.0 Å². The number of hydrogen-bond donors (Lipinski definition) is 0. The Morgan fingerprint density at radius 3 is 2.14 bits per heavy atom. The second-order valence-corrected chi connectivity index (χ2v) is 7.88. The number of rotatable bonds is 6. The van der Waals surface area contributed by atoms with Gasteiger partial charge in [-0.3, -0.25) is 4.79 Å². The number of ether oxygens (including phenoxy) is 1. The van der Waals surface area contributed by atoms with Crippen molar-refractivity contribution in [1.82, 2.24) is 14.9 Å². The molecule has 5 heteroatoms. The fourth-order valence-corrected chi connectivity index (χ4v) is 3.04. The predicted molar refractivity (Wildman–Crippen MR) is 114 cm³/mol. The van der Waals surface area contributed by atoms with E-state index in [1.165, 1.54) is 21.6 Å². The zero-order chi connectivity index (χ0) is 21.0. The maximum absolute atomic E-state index is 12.0. The van der Waals surface area contributed by atoms with Gasteiger partial charge < -0.3 is 9.64 Å². The molecular formula is C24H27N3O2. The molecule has 150 valence electrons. The Balaban J connectivity index is 1.69. The van der Waals surface area contributed by atoms with Crippen molar-refractivity contribution in [3.05, 3.63) is 89.0 Å². The smallest absolute Gasteiger partial charge is 0.291 e. The highest BCUT2D eigenvalue weighted by molar-refractivity contribution is 5.89. The highest BCUT2D eigenvalue weighted by Crippen LogP contribution is 2.32. The van der Waals surface area contributed by atoms with Crippen LogP contribution in [0.25, 0.3) is 0 Å². The van der Waals surface area contributed by atoms with Crippen molar-refractivity contribution in [1.29, 1.82) is 0 Å². The molecule has 0 saturated heterocycles. The van der Waals surface area contributed by atoms with Crippen LogP contribution in [0.1, 0.15) is 46.9 Å². The van der Waals surface area contributed by atoms with Gasteiger partial charge in [-0.2, -0.15) is 0 Å².